The number of aromatic nitrogens is 1. The third-order valence-electron chi connectivity index (χ3n) is 3.61. The van der Waals surface area contributed by atoms with E-state index in [0.717, 1.165) is 44.7 Å². The van der Waals surface area contributed by atoms with Crippen LogP contribution < -0.4 is 4.90 Å². The zero-order valence-electron chi connectivity index (χ0n) is 11.5. The van der Waals surface area contributed by atoms with Crippen molar-refractivity contribution in [2.75, 3.05) is 33.2 Å². The van der Waals surface area contributed by atoms with E-state index in [0.29, 0.717) is 11.3 Å². The topological polar surface area (TPSA) is 50.8 Å². The van der Waals surface area contributed by atoms with E-state index in [1.807, 2.05) is 18.7 Å². The molecule has 0 bridgehead atoms. The minimum atomic E-state index is 0.0836. The molecule has 0 radical (unpaired) electrons. The first-order valence-corrected chi connectivity index (χ1v) is 6.69. The van der Waals surface area contributed by atoms with Crippen molar-refractivity contribution < 1.29 is 14.2 Å². The molecule has 1 fully saturated rings. The number of rotatable bonds is 2. The van der Waals surface area contributed by atoms with Gasteiger partial charge in [0.25, 0.3) is 5.91 Å². The Kier molecular flexibility index (Phi) is 4.01. The summed E-state index contributed by atoms with van der Waals surface area (Å²) in [6, 6.07) is 0. The molecule has 1 atom stereocenters. The molecule has 2 rings (SSSR count). The highest BCUT2D eigenvalue weighted by Gasteiger charge is 2.26. The summed E-state index contributed by atoms with van der Waals surface area (Å²) in [5.41, 5.74) is 1.46. The molecule has 1 N–H and O–H groups in total. The van der Waals surface area contributed by atoms with E-state index in [1.165, 1.54) is 4.90 Å². The number of carbonyl (C=O) groups is 1. The van der Waals surface area contributed by atoms with E-state index in [9.17, 15) is 4.79 Å². The van der Waals surface area contributed by atoms with Gasteiger partial charge in [0.2, 0.25) is 0 Å². The van der Waals surface area contributed by atoms with Gasteiger partial charge in [-0.2, -0.15) is 0 Å². The van der Waals surface area contributed by atoms with Gasteiger partial charge in [0, 0.05) is 13.0 Å². The predicted molar refractivity (Wildman–Crippen MR) is 67.8 cm³/mol. The minimum absolute atomic E-state index is 0.0836. The average molecular weight is 252 g/mol. The highest BCUT2D eigenvalue weighted by atomic mass is 16.5. The van der Waals surface area contributed by atoms with Crippen LogP contribution in [0.2, 0.25) is 0 Å². The summed E-state index contributed by atoms with van der Waals surface area (Å²) in [5.74, 6) is 0.724. The summed E-state index contributed by atoms with van der Waals surface area (Å²) in [6.45, 7) is 7.61. The summed E-state index contributed by atoms with van der Waals surface area (Å²) in [4.78, 5) is 16.0. The average Bonchev–Trinajstić information content (AvgIpc) is 2.59. The highest BCUT2D eigenvalue weighted by Crippen LogP contribution is 2.16. The maximum absolute atomic E-state index is 12.5. The highest BCUT2D eigenvalue weighted by molar-refractivity contribution is 5.96. The second-order valence-electron chi connectivity index (χ2n) is 5.02. The van der Waals surface area contributed by atoms with E-state index in [-0.39, 0.29) is 5.91 Å². The third-order valence-corrected chi connectivity index (χ3v) is 3.61. The zero-order chi connectivity index (χ0) is 13.1. The number of nitrogens with zero attached hydrogens (tertiary/aromatic N) is 2. The van der Waals surface area contributed by atoms with Crippen LogP contribution in [0.1, 0.15) is 35.2 Å². The zero-order valence-corrected chi connectivity index (χ0v) is 11.5. The molecular formula is C13H22N3O2+. The van der Waals surface area contributed by atoms with Crippen LogP contribution in [0.15, 0.2) is 4.52 Å². The maximum Gasteiger partial charge on any atom is 0.259 e. The number of hydrogen-bond acceptors (Lipinski definition) is 3. The van der Waals surface area contributed by atoms with Gasteiger partial charge in [0.1, 0.15) is 11.3 Å². The molecule has 1 unspecified atom stereocenters. The lowest BCUT2D eigenvalue weighted by atomic mass is 10.1. The van der Waals surface area contributed by atoms with Crippen molar-refractivity contribution >= 4 is 5.91 Å². The largest absolute Gasteiger partial charge is 0.361 e. The first-order valence-electron chi connectivity index (χ1n) is 6.69. The van der Waals surface area contributed by atoms with Crippen molar-refractivity contribution in [2.24, 2.45) is 0 Å². The van der Waals surface area contributed by atoms with E-state index in [1.54, 1.807) is 0 Å². The molecule has 5 heteroatoms. The van der Waals surface area contributed by atoms with Gasteiger partial charge in [0.05, 0.1) is 32.4 Å². The molecule has 1 aromatic heterocycles. The Bertz CT molecular complexity index is 428. The van der Waals surface area contributed by atoms with Gasteiger partial charge in [-0.3, -0.25) is 4.79 Å². The third kappa shape index (κ3) is 2.56. The van der Waals surface area contributed by atoms with E-state index >= 15 is 0 Å². The Morgan fingerprint density at radius 2 is 2.22 bits per heavy atom. The van der Waals surface area contributed by atoms with Crippen LogP contribution >= 0.6 is 0 Å². The van der Waals surface area contributed by atoms with Crippen LogP contribution in [0, 0.1) is 6.92 Å². The van der Waals surface area contributed by atoms with Gasteiger partial charge in [-0.1, -0.05) is 12.1 Å². The van der Waals surface area contributed by atoms with Crippen molar-refractivity contribution in [1.82, 2.24) is 10.1 Å². The number of quaternary nitrogens is 1. The smallest absolute Gasteiger partial charge is 0.259 e. The quantitative estimate of drug-likeness (QED) is 0.800. The lowest BCUT2D eigenvalue weighted by Crippen LogP contribution is -3.09. The second-order valence-corrected chi connectivity index (χ2v) is 5.02. The van der Waals surface area contributed by atoms with E-state index < -0.39 is 0 Å². The fraction of sp³-hybridized carbons (Fsp3) is 0.692. The molecule has 100 valence electrons. The molecule has 0 saturated carbocycles. The number of likely N-dealkylation sites (N-methyl/N-ethyl adjacent to an activating group) is 1. The Labute approximate surface area is 108 Å². The Hall–Kier alpha value is -1.36. The second kappa shape index (κ2) is 5.52. The van der Waals surface area contributed by atoms with Crippen LogP contribution in [-0.4, -0.2) is 49.2 Å². The van der Waals surface area contributed by atoms with Crippen molar-refractivity contribution in [2.45, 2.75) is 26.7 Å². The molecule has 0 aromatic carbocycles. The molecule has 1 amide bonds. The number of nitrogens with one attached hydrogen (secondary N) is 1. The van der Waals surface area contributed by atoms with Gasteiger partial charge < -0.3 is 14.3 Å². The van der Waals surface area contributed by atoms with Gasteiger partial charge in [-0.05, 0) is 13.3 Å². The first kappa shape index (κ1) is 13.1. The molecular weight excluding hydrogens is 230 g/mol. The molecule has 5 nitrogen and oxygen atoms in total. The van der Waals surface area contributed by atoms with Crippen molar-refractivity contribution in [3.05, 3.63) is 17.0 Å². The number of carbonyl (C=O) groups excluding carboxylic acids is 1. The molecule has 0 spiro atoms. The molecule has 1 aliphatic heterocycles. The summed E-state index contributed by atoms with van der Waals surface area (Å²) in [7, 11) is 2.18. The molecule has 2 heterocycles. The SMILES string of the molecule is CCc1noc(C)c1C(=O)N1CCC[NH+](C)CC1. The van der Waals surface area contributed by atoms with E-state index in [2.05, 4.69) is 12.2 Å². The normalized spacial score (nSPS) is 20.8. The summed E-state index contributed by atoms with van der Waals surface area (Å²) < 4.78 is 5.15. The summed E-state index contributed by atoms with van der Waals surface area (Å²) in [5, 5.41) is 3.96. The maximum atomic E-state index is 12.5. The minimum Gasteiger partial charge on any atom is -0.361 e. The van der Waals surface area contributed by atoms with Crippen molar-refractivity contribution in [3.63, 3.8) is 0 Å². The predicted octanol–water partition coefficient (Wildman–Crippen LogP) is -0.0940. The fourth-order valence-corrected chi connectivity index (χ4v) is 2.43. The van der Waals surface area contributed by atoms with Crippen molar-refractivity contribution in [1.29, 1.82) is 0 Å². The Morgan fingerprint density at radius 1 is 1.44 bits per heavy atom. The van der Waals surface area contributed by atoms with Crippen molar-refractivity contribution in [3.8, 4) is 0 Å². The molecule has 18 heavy (non-hydrogen) atoms. The molecule has 0 aliphatic carbocycles. The number of hydrogen-bond donors (Lipinski definition) is 1. The summed E-state index contributed by atoms with van der Waals surface area (Å²) in [6.07, 6.45) is 1.79. The van der Waals surface area contributed by atoms with Gasteiger partial charge in [0.15, 0.2) is 0 Å². The Morgan fingerprint density at radius 3 is 2.94 bits per heavy atom. The van der Waals surface area contributed by atoms with E-state index in [4.69, 9.17) is 4.52 Å². The molecule has 1 aromatic rings. The lowest BCUT2D eigenvalue weighted by molar-refractivity contribution is -0.877. The standard InChI is InChI=1S/C13H21N3O2/c1-4-11-12(10(2)18-14-11)13(17)16-7-5-6-15(3)8-9-16/h4-9H2,1-3H3/p+1. The lowest BCUT2D eigenvalue weighted by Gasteiger charge is -2.19. The van der Waals surface area contributed by atoms with Crippen LogP contribution in [-0.2, 0) is 6.42 Å². The van der Waals surface area contributed by atoms with Gasteiger partial charge >= 0.3 is 0 Å². The van der Waals surface area contributed by atoms with Crippen LogP contribution in [0.25, 0.3) is 0 Å². The first-order chi connectivity index (χ1) is 8.63. The molecule has 1 aliphatic rings. The number of amides is 1. The van der Waals surface area contributed by atoms with Crippen LogP contribution in [0.4, 0.5) is 0 Å². The summed E-state index contributed by atoms with van der Waals surface area (Å²) >= 11 is 0. The fourth-order valence-electron chi connectivity index (χ4n) is 2.43. The monoisotopic (exact) mass is 252 g/mol. The Balaban J connectivity index is 2.17. The van der Waals surface area contributed by atoms with Gasteiger partial charge in [-0.25, -0.2) is 0 Å². The van der Waals surface area contributed by atoms with Gasteiger partial charge in [-0.15, -0.1) is 0 Å². The number of aryl methyl sites for hydroxylation is 2. The van der Waals surface area contributed by atoms with Crippen LogP contribution in [0.3, 0.4) is 0 Å². The molecule has 1 saturated heterocycles. The van der Waals surface area contributed by atoms with Crippen LogP contribution in [0.5, 0.6) is 0 Å².